The molecule has 0 saturated heterocycles. The predicted octanol–water partition coefficient (Wildman–Crippen LogP) is 1.69. The molecule has 1 aromatic heterocycles. The lowest BCUT2D eigenvalue weighted by Gasteiger charge is -2.14. The molecular weight excluding hydrogens is 280 g/mol. The van der Waals surface area contributed by atoms with Gasteiger partial charge in [0.2, 0.25) is 0 Å². The highest BCUT2D eigenvalue weighted by atomic mass is 32.2. The van der Waals surface area contributed by atoms with Gasteiger partial charge < -0.3 is 10.3 Å². The minimum absolute atomic E-state index is 0.144. The van der Waals surface area contributed by atoms with Gasteiger partial charge in [-0.25, -0.2) is 13.1 Å². The molecule has 0 aliphatic carbocycles. The summed E-state index contributed by atoms with van der Waals surface area (Å²) in [5, 5.41) is 3.54. The van der Waals surface area contributed by atoms with E-state index >= 15 is 0 Å². The first kappa shape index (κ1) is 14.3. The largest absolute Gasteiger partial charge is 0.398 e. The molecule has 0 aliphatic heterocycles. The first-order chi connectivity index (χ1) is 9.22. The molecule has 0 aliphatic rings. The van der Waals surface area contributed by atoms with Crippen molar-refractivity contribution in [3.8, 4) is 0 Å². The molecule has 0 amide bonds. The zero-order valence-electron chi connectivity index (χ0n) is 11.7. The van der Waals surface area contributed by atoms with Gasteiger partial charge in [-0.3, -0.25) is 0 Å². The average molecular weight is 296 g/mol. The molecule has 0 saturated carbocycles. The number of nitrogens with two attached hydrogens (primary N) is 1. The Balaban J connectivity index is 2.55. The van der Waals surface area contributed by atoms with Gasteiger partial charge in [-0.15, -0.1) is 0 Å². The normalized spacial score (nSPS) is 11.6. The quantitative estimate of drug-likeness (QED) is 0.834. The number of aryl methyl sites for hydroxylation is 2. The second-order valence-electron chi connectivity index (χ2n) is 4.61. The number of hydrogen-bond donors (Lipinski definition) is 2. The number of nitrogen functional groups attached to an aromatic ring is 1. The van der Waals surface area contributed by atoms with E-state index in [4.69, 9.17) is 10.3 Å². The van der Waals surface area contributed by atoms with Crippen LogP contribution in [-0.2, 0) is 10.0 Å². The van der Waals surface area contributed by atoms with Gasteiger partial charge >= 0.3 is 6.01 Å². The van der Waals surface area contributed by atoms with Gasteiger partial charge in [0.15, 0.2) is 5.82 Å². The number of nitrogens with one attached hydrogen (secondary N) is 1. The van der Waals surface area contributed by atoms with Crippen molar-refractivity contribution in [3.63, 3.8) is 0 Å². The van der Waals surface area contributed by atoms with Crippen LogP contribution in [0.4, 0.5) is 11.7 Å². The van der Waals surface area contributed by atoms with E-state index < -0.39 is 10.0 Å². The van der Waals surface area contributed by atoms with E-state index in [0.29, 0.717) is 22.6 Å². The molecule has 1 aromatic carbocycles. The molecule has 2 aromatic rings. The van der Waals surface area contributed by atoms with Crippen molar-refractivity contribution in [2.45, 2.75) is 32.6 Å². The molecule has 0 unspecified atom stereocenters. The van der Waals surface area contributed by atoms with E-state index in [1.807, 2.05) is 0 Å². The molecule has 1 heterocycles. The van der Waals surface area contributed by atoms with Crippen LogP contribution in [0.25, 0.3) is 0 Å². The van der Waals surface area contributed by atoms with Gasteiger partial charge in [-0.05, 0) is 50.5 Å². The second-order valence-corrected chi connectivity index (χ2v) is 6.23. The fourth-order valence-electron chi connectivity index (χ4n) is 1.95. The maximum absolute atomic E-state index is 12.5. The summed E-state index contributed by atoms with van der Waals surface area (Å²) in [5.41, 5.74) is 8.20. The Morgan fingerprint density at radius 3 is 2.40 bits per heavy atom. The van der Waals surface area contributed by atoms with Crippen LogP contribution in [0.15, 0.2) is 15.5 Å². The van der Waals surface area contributed by atoms with Crippen LogP contribution in [-0.4, -0.2) is 18.6 Å². The lowest BCUT2D eigenvalue weighted by molar-refractivity contribution is 0.429. The highest BCUT2D eigenvalue weighted by Crippen LogP contribution is 2.29. The van der Waals surface area contributed by atoms with E-state index in [9.17, 15) is 8.42 Å². The van der Waals surface area contributed by atoms with E-state index in [0.717, 1.165) is 5.56 Å². The molecule has 8 heteroatoms. The predicted molar refractivity (Wildman–Crippen MR) is 74.9 cm³/mol. The van der Waals surface area contributed by atoms with Crippen LogP contribution in [0.2, 0.25) is 0 Å². The molecule has 0 atom stereocenters. The monoisotopic (exact) mass is 296 g/mol. The smallest absolute Gasteiger partial charge is 0.335 e. The summed E-state index contributed by atoms with van der Waals surface area (Å²) in [6, 6.07) is 1.59. The van der Waals surface area contributed by atoms with Crippen LogP contribution < -0.4 is 10.5 Å². The molecule has 3 N–H and O–H groups in total. The summed E-state index contributed by atoms with van der Waals surface area (Å²) in [4.78, 5) is 3.97. The van der Waals surface area contributed by atoms with Crippen LogP contribution in [0.1, 0.15) is 22.5 Å². The number of anilines is 2. The fraction of sp³-hybridized carbons (Fsp3) is 0.333. The first-order valence-corrected chi connectivity index (χ1v) is 7.40. The third-order valence-corrected chi connectivity index (χ3v) is 4.69. The zero-order chi connectivity index (χ0) is 15.1. The number of sulfonamides is 1. The Morgan fingerprint density at radius 2 is 1.85 bits per heavy atom. The van der Waals surface area contributed by atoms with Crippen molar-refractivity contribution in [2.24, 2.45) is 0 Å². The molecule has 7 nitrogen and oxygen atoms in total. The zero-order valence-corrected chi connectivity index (χ0v) is 12.5. The Bertz CT molecular complexity index is 739. The number of rotatable bonds is 3. The van der Waals surface area contributed by atoms with Gasteiger partial charge in [0.25, 0.3) is 10.0 Å². The molecular formula is C12H16N4O3S. The molecule has 0 bridgehead atoms. The van der Waals surface area contributed by atoms with Crippen molar-refractivity contribution >= 4 is 21.7 Å². The van der Waals surface area contributed by atoms with Gasteiger partial charge in [0.05, 0.1) is 4.90 Å². The maximum atomic E-state index is 12.5. The van der Waals surface area contributed by atoms with Crippen LogP contribution in [0.5, 0.6) is 0 Å². The van der Waals surface area contributed by atoms with Crippen LogP contribution in [0.3, 0.4) is 0 Å². The third-order valence-electron chi connectivity index (χ3n) is 3.10. The minimum atomic E-state index is -3.83. The molecule has 108 valence electrons. The van der Waals surface area contributed by atoms with Crippen LogP contribution >= 0.6 is 0 Å². The number of aromatic nitrogens is 2. The molecule has 0 spiro atoms. The Kier molecular flexibility index (Phi) is 3.43. The SMILES string of the molecule is Cc1noc(NS(=O)(=O)c2c(C)c(C)cc(N)c2C)n1. The maximum Gasteiger partial charge on any atom is 0.335 e. The highest BCUT2D eigenvalue weighted by molar-refractivity contribution is 7.92. The topological polar surface area (TPSA) is 111 Å². The summed E-state index contributed by atoms with van der Waals surface area (Å²) in [7, 11) is -3.83. The standard InChI is InChI=1S/C12H16N4O3S/c1-6-5-10(13)8(3)11(7(6)2)20(17,18)16-12-14-9(4)15-19-12/h5H,13H2,1-4H3,(H,14,15,16). The van der Waals surface area contributed by atoms with Crippen molar-refractivity contribution in [3.05, 3.63) is 28.6 Å². The highest BCUT2D eigenvalue weighted by Gasteiger charge is 2.24. The minimum Gasteiger partial charge on any atom is -0.398 e. The van der Waals surface area contributed by atoms with Gasteiger partial charge in [0.1, 0.15) is 0 Å². The van der Waals surface area contributed by atoms with Crippen LogP contribution in [0, 0.1) is 27.7 Å². The first-order valence-electron chi connectivity index (χ1n) is 5.92. The summed E-state index contributed by atoms with van der Waals surface area (Å²) in [5.74, 6) is 0.347. The van der Waals surface area contributed by atoms with E-state index in [1.54, 1.807) is 33.8 Å². The molecule has 0 fully saturated rings. The molecule has 2 rings (SSSR count). The third kappa shape index (κ3) is 2.46. The number of benzene rings is 1. The Morgan fingerprint density at radius 1 is 1.20 bits per heavy atom. The van der Waals surface area contributed by atoms with E-state index in [2.05, 4.69) is 14.9 Å². The van der Waals surface area contributed by atoms with Gasteiger partial charge in [-0.1, -0.05) is 5.16 Å². The van der Waals surface area contributed by atoms with Gasteiger partial charge in [0, 0.05) is 5.69 Å². The van der Waals surface area contributed by atoms with Crippen molar-refractivity contribution in [2.75, 3.05) is 10.5 Å². The summed E-state index contributed by atoms with van der Waals surface area (Å²) < 4.78 is 32.0. The number of nitrogens with zero attached hydrogens (tertiary/aromatic N) is 2. The van der Waals surface area contributed by atoms with Gasteiger partial charge in [-0.2, -0.15) is 4.98 Å². The second kappa shape index (κ2) is 4.78. The lowest BCUT2D eigenvalue weighted by atomic mass is 10.1. The summed E-state index contributed by atoms with van der Waals surface area (Å²) >= 11 is 0. The Hall–Kier alpha value is -2.09. The summed E-state index contributed by atoms with van der Waals surface area (Å²) in [6.07, 6.45) is 0. The fourth-order valence-corrected chi connectivity index (χ4v) is 3.45. The lowest BCUT2D eigenvalue weighted by Crippen LogP contribution is -2.17. The van der Waals surface area contributed by atoms with Crippen molar-refractivity contribution < 1.29 is 12.9 Å². The van der Waals surface area contributed by atoms with Crippen molar-refractivity contribution in [1.29, 1.82) is 0 Å². The van der Waals surface area contributed by atoms with E-state index in [-0.39, 0.29) is 10.9 Å². The number of hydrogen-bond acceptors (Lipinski definition) is 6. The summed E-state index contributed by atoms with van der Waals surface area (Å²) in [6.45, 7) is 6.80. The average Bonchev–Trinajstić information content (AvgIpc) is 2.71. The molecule has 20 heavy (non-hydrogen) atoms. The molecule has 0 radical (unpaired) electrons. The van der Waals surface area contributed by atoms with E-state index in [1.165, 1.54) is 0 Å². The Labute approximate surface area is 117 Å². The van der Waals surface area contributed by atoms with Crippen molar-refractivity contribution in [1.82, 2.24) is 10.1 Å².